The molecule has 1 atom stereocenters. The lowest BCUT2D eigenvalue weighted by molar-refractivity contribution is 0.236. The van der Waals surface area contributed by atoms with E-state index in [0.717, 1.165) is 5.56 Å². The highest BCUT2D eigenvalue weighted by atomic mass is 19.1. The van der Waals surface area contributed by atoms with Crippen molar-refractivity contribution in [1.29, 1.82) is 0 Å². The third-order valence-electron chi connectivity index (χ3n) is 3.99. The minimum absolute atomic E-state index is 0.182. The van der Waals surface area contributed by atoms with Crippen molar-refractivity contribution in [2.24, 2.45) is 5.92 Å². The second-order valence-electron chi connectivity index (χ2n) is 5.98. The van der Waals surface area contributed by atoms with Crippen molar-refractivity contribution < 1.29 is 13.9 Å². The van der Waals surface area contributed by atoms with E-state index < -0.39 is 0 Å². The molecule has 1 unspecified atom stereocenters. The number of halogens is 1. The van der Waals surface area contributed by atoms with Crippen LogP contribution in [0, 0.1) is 11.7 Å². The summed E-state index contributed by atoms with van der Waals surface area (Å²) in [6.45, 7) is 2.29. The Labute approximate surface area is 140 Å². The fourth-order valence-corrected chi connectivity index (χ4v) is 2.44. The van der Waals surface area contributed by atoms with Gasteiger partial charge < -0.3 is 15.4 Å². The van der Waals surface area contributed by atoms with Crippen LogP contribution in [0.2, 0.25) is 0 Å². The van der Waals surface area contributed by atoms with Crippen LogP contribution in [-0.2, 0) is 6.54 Å². The number of nitrogens with one attached hydrogen (secondary N) is 2. The zero-order chi connectivity index (χ0) is 16.9. The van der Waals surface area contributed by atoms with Crippen LogP contribution in [0.4, 0.5) is 9.18 Å². The highest BCUT2D eigenvalue weighted by Crippen LogP contribution is 2.32. The van der Waals surface area contributed by atoms with E-state index in [2.05, 4.69) is 15.6 Å². The van der Waals surface area contributed by atoms with Crippen molar-refractivity contribution in [3.63, 3.8) is 0 Å². The number of carbonyl (C=O) groups excluding carboxylic acids is 1. The molecular formula is C18H20FN3O2. The lowest BCUT2D eigenvalue weighted by atomic mass is 10.2. The Balaban J connectivity index is 1.60. The summed E-state index contributed by atoms with van der Waals surface area (Å²) in [7, 11) is 0. The van der Waals surface area contributed by atoms with Gasteiger partial charge >= 0.3 is 6.03 Å². The van der Waals surface area contributed by atoms with Gasteiger partial charge in [-0.2, -0.15) is 0 Å². The molecule has 1 saturated carbocycles. The minimum atomic E-state index is -0.378. The van der Waals surface area contributed by atoms with Crippen LogP contribution in [0.1, 0.15) is 25.3 Å². The summed E-state index contributed by atoms with van der Waals surface area (Å²) in [5.41, 5.74) is 0.719. The maximum absolute atomic E-state index is 13.3. The lowest BCUT2D eigenvalue weighted by Crippen LogP contribution is -2.41. The molecule has 24 heavy (non-hydrogen) atoms. The number of aromatic nitrogens is 1. The monoisotopic (exact) mass is 329 g/mol. The third kappa shape index (κ3) is 4.44. The molecule has 6 heteroatoms. The first-order valence-corrected chi connectivity index (χ1v) is 8.03. The van der Waals surface area contributed by atoms with Crippen LogP contribution in [0.3, 0.4) is 0 Å². The number of pyridine rings is 1. The summed E-state index contributed by atoms with van der Waals surface area (Å²) >= 11 is 0. The van der Waals surface area contributed by atoms with Crippen molar-refractivity contribution in [2.75, 3.05) is 0 Å². The number of hydrogen-bond donors (Lipinski definition) is 2. The summed E-state index contributed by atoms with van der Waals surface area (Å²) < 4.78 is 18.9. The Kier molecular flexibility index (Phi) is 4.93. The minimum Gasteiger partial charge on any atom is -0.439 e. The zero-order valence-electron chi connectivity index (χ0n) is 13.5. The molecule has 5 nitrogen and oxygen atoms in total. The SMILES string of the molecule is CC(NC(=O)NCc1cccnc1Oc1cccc(F)c1)C1CC1. The highest BCUT2D eigenvalue weighted by Gasteiger charge is 2.28. The van der Waals surface area contributed by atoms with Crippen LogP contribution < -0.4 is 15.4 Å². The van der Waals surface area contributed by atoms with Crippen molar-refractivity contribution in [2.45, 2.75) is 32.4 Å². The van der Waals surface area contributed by atoms with Gasteiger partial charge in [0, 0.05) is 30.4 Å². The predicted molar refractivity (Wildman–Crippen MR) is 88.3 cm³/mol. The molecule has 1 aromatic carbocycles. The van der Waals surface area contributed by atoms with Gasteiger partial charge in [0.05, 0.1) is 0 Å². The Bertz CT molecular complexity index is 719. The predicted octanol–water partition coefficient (Wildman–Crippen LogP) is 3.61. The molecule has 0 saturated heterocycles. The zero-order valence-corrected chi connectivity index (χ0v) is 13.5. The molecule has 0 spiro atoms. The number of amides is 2. The number of ether oxygens (including phenoxy) is 1. The molecule has 2 aromatic rings. The molecule has 3 rings (SSSR count). The summed E-state index contributed by atoms with van der Waals surface area (Å²) in [6, 6.07) is 9.40. The number of nitrogens with zero attached hydrogens (tertiary/aromatic N) is 1. The van der Waals surface area contributed by atoms with Crippen molar-refractivity contribution >= 4 is 6.03 Å². The second-order valence-corrected chi connectivity index (χ2v) is 5.98. The number of rotatable bonds is 6. The van der Waals surface area contributed by atoms with Crippen molar-refractivity contribution in [1.82, 2.24) is 15.6 Å². The van der Waals surface area contributed by atoms with E-state index in [-0.39, 0.29) is 24.4 Å². The molecule has 126 valence electrons. The summed E-state index contributed by atoms with van der Waals surface area (Å²) in [4.78, 5) is 16.1. The molecule has 2 N–H and O–H groups in total. The molecular weight excluding hydrogens is 309 g/mol. The number of urea groups is 1. The molecule has 2 amide bonds. The van der Waals surface area contributed by atoms with Crippen molar-refractivity contribution in [3.8, 4) is 11.6 Å². The summed E-state index contributed by atoms with van der Waals surface area (Å²) in [6.07, 6.45) is 3.94. The molecule has 1 aliphatic rings. The lowest BCUT2D eigenvalue weighted by Gasteiger charge is -2.14. The van der Waals surface area contributed by atoms with Crippen LogP contribution in [0.5, 0.6) is 11.6 Å². The van der Waals surface area contributed by atoms with E-state index in [1.165, 1.54) is 25.0 Å². The molecule has 0 aliphatic heterocycles. The number of benzene rings is 1. The summed E-state index contributed by atoms with van der Waals surface area (Å²) in [5, 5.41) is 5.73. The third-order valence-corrected chi connectivity index (χ3v) is 3.99. The number of carbonyl (C=O) groups is 1. The van der Waals surface area contributed by atoms with Gasteiger partial charge in [0.25, 0.3) is 0 Å². The van der Waals surface area contributed by atoms with Crippen LogP contribution in [0.25, 0.3) is 0 Å². The van der Waals surface area contributed by atoms with E-state index in [1.807, 2.05) is 13.0 Å². The van der Waals surface area contributed by atoms with Gasteiger partial charge in [-0.05, 0) is 43.9 Å². The molecule has 1 fully saturated rings. The Morgan fingerprint density at radius 1 is 1.38 bits per heavy atom. The smallest absolute Gasteiger partial charge is 0.315 e. The largest absolute Gasteiger partial charge is 0.439 e. The molecule has 0 radical (unpaired) electrons. The van der Waals surface area contributed by atoms with Gasteiger partial charge in [0.2, 0.25) is 5.88 Å². The first-order chi connectivity index (χ1) is 11.6. The van der Waals surface area contributed by atoms with E-state index in [1.54, 1.807) is 24.4 Å². The van der Waals surface area contributed by atoms with Gasteiger partial charge in [-0.3, -0.25) is 0 Å². The van der Waals surface area contributed by atoms with Crippen LogP contribution >= 0.6 is 0 Å². The first kappa shape index (κ1) is 16.2. The molecule has 1 heterocycles. The summed E-state index contributed by atoms with van der Waals surface area (Å²) in [5.74, 6) is 0.929. The van der Waals surface area contributed by atoms with E-state index >= 15 is 0 Å². The van der Waals surface area contributed by atoms with Crippen LogP contribution in [0.15, 0.2) is 42.6 Å². The topological polar surface area (TPSA) is 63.2 Å². The molecule has 0 bridgehead atoms. The van der Waals surface area contributed by atoms with Gasteiger partial charge in [-0.15, -0.1) is 0 Å². The van der Waals surface area contributed by atoms with E-state index in [4.69, 9.17) is 4.74 Å². The standard InChI is InChI=1S/C18H20FN3O2/c1-12(13-7-8-13)22-18(23)21-11-14-4-3-9-20-17(14)24-16-6-2-5-15(19)10-16/h2-6,9-10,12-13H,7-8,11H2,1H3,(H2,21,22,23). The Hall–Kier alpha value is -2.63. The Morgan fingerprint density at radius 3 is 2.96 bits per heavy atom. The van der Waals surface area contributed by atoms with Gasteiger partial charge in [0.15, 0.2) is 0 Å². The maximum Gasteiger partial charge on any atom is 0.315 e. The number of hydrogen-bond acceptors (Lipinski definition) is 3. The maximum atomic E-state index is 13.3. The first-order valence-electron chi connectivity index (χ1n) is 8.03. The quantitative estimate of drug-likeness (QED) is 0.851. The fraction of sp³-hybridized carbons (Fsp3) is 0.333. The molecule has 1 aliphatic carbocycles. The van der Waals surface area contributed by atoms with Gasteiger partial charge in [-0.25, -0.2) is 14.2 Å². The molecule has 1 aromatic heterocycles. The van der Waals surface area contributed by atoms with Gasteiger partial charge in [0.1, 0.15) is 11.6 Å². The van der Waals surface area contributed by atoms with Gasteiger partial charge in [-0.1, -0.05) is 12.1 Å². The van der Waals surface area contributed by atoms with Crippen molar-refractivity contribution in [3.05, 3.63) is 54.0 Å². The van der Waals surface area contributed by atoms with E-state index in [0.29, 0.717) is 17.5 Å². The normalized spacial score (nSPS) is 14.8. The van der Waals surface area contributed by atoms with Crippen LogP contribution in [-0.4, -0.2) is 17.1 Å². The fourth-order valence-electron chi connectivity index (χ4n) is 2.44. The second kappa shape index (κ2) is 7.29. The highest BCUT2D eigenvalue weighted by molar-refractivity contribution is 5.74. The average molecular weight is 329 g/mol. The van der Waals surface area contributed by atoms with E-state index in [9.17, 15) is 9.18 Å². The average Bonchev–Trinajstić information content (AvgIpc) is 3.39. The Morgan fingerprint density at radius 2 is 2.21 bits per heavy atom.